The summed E-state index contributed by atoms with van der Waals surface area (Å²) in [5.41, 5.74) is 1.31. The van der Waals surface area contributed by atoms with Gasteiger partial charge in [0.05, 0.1) is 17.7 Å². The summed E-state index contributed by atoms with van der Waals surface area (Å²) in [5.74, 6) is -1.15. The average molecular weight is 570 g/mol. The Balaban J connectivity index is 2.05. The van der Waals surface area contributed by atoms with Crippen molar-refractivity contribution in [3.63, 3.8) is 0 Å². The number of methoxy groups -OCH3 is 1. The molecular formula is C30H36FN3O5S. The van der Waals surface area contributed by atoms with Gasteiger partial charge in [0.2, 0.25) is 11.8 Å². The van der Waals surface area contributed by atoms with Crippen molar-refractivity contribution in [1.82, 2.24) is 10.2 Å². The van der Waals surface area contributed by atoms with Gasteiger partial charge in [-0.2, -0.15) is 0 Å². The van der Waals surface area contributed by atoms with E-state index < -0.39 is 34.3 Å². The van der Waals surface area contributed by atoms with E-state index in [1.807, 2.05) is 13.8 Å². The molecule has 0 radical (unpaired) electrons. The third-order valence-electron chi connectivity index (χ3n) is 6.46. The van der Waals surface area contributed by atoms with E-state index in [1.54, 1.807) is 50.4 Å². The summed E-state index contributed by atoms with van der Waals surface area (Å²) < 4.78 is 48.6. The number of carbonyl (C=O) groups is 2. The number of anilines is 1. The molecule has 2 amide bonds. The van der Waals surface area contributed by atoms with Crippen LogP contribution in [0.1, 0.15) is 37.8 Å². The topological polar surface area (TPSA) is 96.0 Å². The van der Waals surface area contributed by atoms with Gasteiger partial charge in [0, 0.05) is 13.1 Å². The van der Waals surface area contributed by atoms with E-state index in [9.17, 15) is 18.0 Å². The fraction of sp³-hybridized carbons (Fsp3) is 0.333. The Bertz CT molecular complexity index is 1400. The van der Waals surface area contributed by atoms with Crippen LogP contribution in [0.25, 0.3) is 0 Å². The van der Waals surface area contributed by atoms with Gasteiger partial charge in [-0.3, -0.25) is 13.9 Å². The maximum absolute atomic E-state index is 15.0. The number of amides is 2. The number of para-hydroxylation sites is 1. The highest BCUT2D eigenvalue weighted by Crippen LogP contribution is 2.27. The predicted molar refractivity (Wildman–Crippen MR) is 153 cm³/mol. The highest BCUT2D eigenvalue weighted by molar-refractivity contribution is 7.92. The minimum absolute atomic E-state index is 0.0383. The van der Waals surface area contributed by atoms with Crippen molar-refractivity contribution in [2.24, 2.45) is 0 Å². The number of halogens is 1. The first kappa shape index (κ1) is 30.6. The highest BCUT2D eigenvalue weighted by Gasteiger charge is 2.34. The van der Waals surface area contributed by atoms with Gasteiger partial charge in [0.25, 0.3) is 10.0 Å². The molecule has 0 saturated heterocycles. The highest BCUT2D eigenvalue weighted by atomic mass is 32.2. The summed E-state index contributed by atoms with van der Waals surface area (Å²) in [6.45, 7) is 5.29. The molecule has 0 fully saturated rings. The zero-order valence-electron chi connectivity index (χ0n) is 23.3. The Morgan fingerprint density at radius 1 is 0.975 bits per heavy atom. The van der Waals surface area contributed by atoms with Crippen molar-refractivity contribution in [2.75, 3.05) is 24.5 Å². The summed E-state index contributed by atoms with van der Waals surface area (Å²) in [4.78, 5) is 28.4. The van der Waals surface area contributed by atoms with Gasteiger partial charge in [-0.05, 0) is 61.7 Å². The molecule has 0 aliphatic rings. The van der Waals surface area contributed by atoms with E-state index in [0.717, 1.165) is 21.5 Å². The Morgan fingerprint density at radius 3 is 2.20 bits per heavy atom. The van der Waals surface area contributed by atoms with Gasteiger partial charge >= 0.3 is 0 Å². The maximum atomic E-state index is 15.0. The zero-order valence-corrected chi connectivity index (χ0v) is 24.1. The lowest BCUT2D eigenvalue weighted by Gasteiger charge is -2.33. The first-order valence-electron chi connectivity index (χ1n) is 13.2. The molecule has 1 N–H and O–H groups in total. The number of rotatable bonds is 13. The zero-order chi connectivity index (χ0) is 29.3. The number of hydrogen-bond donors (Lipinski definition) is 1. The van der Waals surface area contributed by atoms with Crippen molar-refractivity contribution in [3.8, 4) is 5.75 Å². The molecule has 3 aromatic rings. The molecule has 1 unspecified atom stereocenters. The number of nitrogens with zero attached hydrogens (tertiary/aromatic N) is 2. The lowest BCUT2D eigenvalue weighted by Crippen LogP contribution is -2.52. The van der Waals surface area contributed by atoms with Crippen LogP contribution in [0.3, 0.4) is 0 Å². The lowest BCUT2D eigenvalue weighted by atomic mass is 10.1. The SMILES string of the molecule is CCCNC(=O)C(CC)N(Cc1ccc(OC)cc1)C(=O)CN(c1ccccc1F)S(=O)(=O)c1ccc(C)cc1. The number of nitrogens with one attached hydrogen (secondary N) is 1. The van der Waals surface area contributed by atoms with Crippen LogP contribution < -0.4 is 14.4 Å². The molecule has 0 spiro atoms. The molecular weight excluding hydrogens is 533 g/mol. The van der Waals surface area contributed by atoms with Gasteiger partial charge < -0.3 is 15.0 Å². The molecule has 214 valence electrons. The van der Waals surface area contributed by atoms with E-state index in [0.29, 0.717) is 25.1 Å². The van der Waals surface area contributed by atoms with Gasteiger partial charge in [-0.1, -0.05) is 55.8 Å². The molecule has 3 rings (SSSR count). The Morgan fingerprint density at radius 2 is 1.62 bits per heavy atom. The molecule has 0 aliphatic heterocycles. The summed E-state index contributed by atoms with van der Waals surface area (Å²) in [6.07, 6.45) is 1.01. The van der Waals surface area contributed by atoms with Gasteiger partial charge in [0.1, 0.15) is 24.2 Å². The standard InChI is InChI=1S/C30H36FN3O5S/c1-5-19-32-30(36)27(6-2)33(20-23-13-15-24(39-4)16-14-23)29(35)21-34(28-10-8-7-9-26(28)31)40(37,38)25-17-11-22(3)12-18-25/h7-18,27H,5-6,19-21H2,1-4H3,(H,32,36). The van der Waals surface area contributed by atoms with Crippen molar-refractivity contribution < 1.29 is 27.1 Å². The molecule has 0 saturated carbocycles. The van der Waals surface area contributed by atoms with E-state index in [4.69, 9.17) is 4.74 Å². The molecule has 0 heterocycles. The molecule has 0 aliphatic carbocycles. The average Bonchev–Trinajstić information content (AvgIpc) is 2.95. The van der Waals surface area contributed by atoms with Crippen LogP contribution in [0.15, 0.2) is 77.7 Å². The van der Waals surface area contributed by atoms with E-state index in [-0.39, 0.29) is 23.0 Å². The molecule has 0 bridgehead atoms. The first-order chi connectivity index (χ1) is 19.1. The molecule has 3 aromatic carbocycles. The largest absolute Gasteiger partial charge is 0.497 e. The number of ether oxygens (including phenoxy) is 1. The van der Waals surface area contributed by atoms with E-state index in [2.05, 4.69) is 5.32 Å². The Hall–Kier alpha value is -3.92. The normalized spacial score (nSPS) is 11.9. The van der Waals surface area contributed by atoms with E-state index in [1.165, 1.54) is 35.2 Å². The number of benzene rings is 3. The maximum Gasteiger partial charge on any atom is 0.264 e. The van der Waals surface area contributed by atoms with Crippen molar-refractivity contribution in [3.05, 3.63) is 89.7 Å². The summed E-state index contributed by atoms with van der Waals surface area (Å²) >= 11 is 0. The minimum atomic E-state index is -4.34. The summed E-state index contributed by atoms with van der Waals surface area (Å²) in [5, 5.41) is 2.83. The van der Waals surface area contributed by atoms with Crippen molar-refractivity contribution in [1.29, 1.82) is 0 Å². The first-order valence-corrected chi connectivity index (χ1v) is 14.6. The van der Waals surface area contributed by atoms with E-state index >= 15 is 4.39 Å². The van der Waals surface area contributed by atoms with Crippen LogP contribution in [0.5, 0.6) is 5.75 Å². The van der Waals surface area contributed by atoms with Gasteiger partial charge in [0.15, 0.2) is 0 Å². The molecule has 10 heteroatoms. The third-order valence-corrected chi connectivity index (χ3v) is 8.23. The fourth-order valence-electron chi connectivity index (χ4n) is 4.22. The second-order valence-corrected chi connectivity index (χ2v) is 11.2. The van der Waals surface area contributed by atoms with Crippen molar-refractivity contribution in [2.45, 2.75) is 51.1 Å². The third kappa shape index (κ3) is 7.38. The number of hydrogen-bond acceptors (Lipinski definition) is 5. The molecule has 40 heavy (non-hydrogen) atoms. The Kier molecular flexibility index (Phi) is 10.7. The van der Waals surface area contributed by atoms with Crippen molar-refractivity contribution >= 4 is 27.5 Å². The lowest BCUT2D eigenvalue weighted by molar-refractivity contribution is -0.140. The van der Waals surface area contributed by atoms with Crippen LogP contribution in [-0.4, -0.2) is 51.4 Å². The summed E-state index contributed by atoms with van der Waals surface area (Å²) in [7, 11) is -2.80. The van der Waals surface area contributed by atoms with Crippen LogP contribution in [0, 0.1) is 12.7 Å². The quantitative estimate of drug-likeness (QED) is 0.323. The number of carbonyl (C=O) groups excluding carboxylic acids is 2. The second-order valence-electron chi connectivity index (χ2n) is 9.36. The number of sulfonamides is 1. The Labute approximate surface area is 235 Å². The minimum Gasteiger partial charge on any atom is -0.497 e. The molecule has 8 nitrogen and oxygen atoms in total. The van der Waals surface area contributed by atoms with Crippen LogP contribution in [-0.2, 0) is 26.2 Å². The van der Waals surface area contributed by atoms with Crippen LogP contribution in [0.2, 0.25) is 0 Å². The summed E-state index contributed by atoms with van der Waals surface area (Å²) in [6, 6.07) is 17.7. The smallest absolute Gasteiger partial charge is 0.264 e. The number of aryl methyl sites for hydroxylation is 1. The monoisotopic (exact) mass is 569 g/mol. The predicted octanol–water partition coefficient (Wildman–Crippen LogP) is 4.67. The van der Waals surface area contributed by atoms with Gasteiger partial charge in [-0.25, -0.2) is 12.8 Å². The molecule has 1 atom stereocenters. The van der Waals surface area contributed by atoms with Crippen LogP contribution in [0.4, 0.5) is 10.1 Å². The second kappa shape index (κ2) is 13.9. The van der Waals surface area contributed by atoms with Crippen LogP contribution >= 0.6 is 0 Å². The van der Waals surface area contributed by atoms with Gasteiger partial charge in [-0.15, -0.1) is 0 Å². The molecule has 0 aromatic heterocycles. The fourth-order valence-corrected chi connectivity index (χ4v) is 5.64.